The minimum Gasteiger partial charge on any atom is -0.224 e. The van der Waals surface area contributed by atoms with Crippen LogP contribution in [-0.2, 0) is 16.0 Å². The second-order valence-corrected chi connectivity index (χ2v) is 5.25. The molecule has 1 rings (SSSR count). The number of hydrogen-bond acceptors (Lipinski definition) is 2. The molecular weight excluding hydrogens is 229 g/mol. The SMILES string of the molecule is Cc1ccc(C(F)(F)F)c(S(C)(=O)=O)c1. The molecule has 0 saturated heterocycles. The van der Waals surface area contributed by atoms with Crippen LogP contribution in [0.5, 0.6) is 0 Å². The molecule has 0 aliphatic carbocycles. The van der Waals surface area contributed by atoms with Crippen molar-refractivity contribution in [2.45, 2.75) is 18.0 Å². The molecule has 1 aromatic carbocycles. The van der Waals surface area contributed by atoms with E-state index in [1.807, 2.05) is 0 Å². The van der Waals surface area contributed by atoms with Gasteiger partial charge in [0.05, 0.1) is 10.5 Å². The zero-order valence-electron chi connectivity index (χ0n) is 8.09. The molecule has 0 spiro atoms. The fraction of sp³-hybridized carbons (Fsp3) is 0.333. The minimum atomic E-state index is -4.65. The Morgan fingerprint density at radius 2 is 1.73 bits per heavy atom. The van der Waals surface area contributed by atoms with Crippen molar-refractivity contribution in [3.63, 3.8) is 0 Å². The zero-order chi connectivity index (χ0) is 11.9. The molecule has 0 aliphatic heterocycles. The molecule has 0 aliphatic rings. The monoisotopic (exact) mass is 238 g/mol. The molecule has 0 bridgehead atoms. The van der Waals surface area contributed by atoms with Crippen molar-refractivity contribution in [2.75, 3.05) is 6.26 Å². The van der Waals surface area contributed by atoms with Crippen LogP contribution < -0.4 is 0 Å². The number of hydrogen-bond donors (Lipinski definition) is 0. The standard InChI is InChI=1S/C9H9F3O2S/c1-6-3-4-7(9(10,11)12)8(5-6)15(2,13)14/h3-5H,1-2H3. The molecule has 6 heteroatoms. The predicted octanol–water partition coefficient (Wildman–Crippen LogP) is 2.42. The number of rotatable bonds is 1. The smallest absolute Gasteiger partial charge is 0.224 e. The molecule has 0 fully saturated rings. The van der Waals surface area contributed by atoms with Crippen LogP contribution in [0, 0.1) is 6.92 Å². The lowest BCUT2D eigenvalue weighted by atomic mass is 10.1. The molecule has 84 valence electrons. The van der Waals surface area contributed by atoms with E-state index in [1.165, 1.54) is 13.0 Å². The summed E-state index contributed by atoms with van der Waals surface area (Å²) < 4.78 is 59.6. The fourth-order valence-electron chi connectivity index (χ4n) is 1.17. The average molecular weight is 238 g/mol. The van der Waals surface area contributed by atoms with E-state index < -0.39 is 26.5 Å². The van der Waals surface area contributed by atoms with Gasteiger partial charge in [-0.05, 0) is 24.6 Å². The highest BCUT2D eigenvalue weighted by molar-refractivity contribution is 7.90. The van der Waals surface area contributed by atoms with E-state index in [0.717, 1.165) is 18.4 Å². The third-order valence-corrected chi connectivity index (χ3v) is 2.98. The van der Waals surface area contributed by atoms with Gasteiger partial charge in [0.15, 0.2) is 9.84 Å². The third-order valence-electron chi connectivity index (χ3n) is 1.84. The fourth-order valence-corrected chi connectivity index (χ4v) is 2.15. The van der Waals surface area contributed by atoms with Crippen molar-refractivity contribution in [1.82, 2.24) is 0 Å². The van der Waals surface area contributed by atoms with E-state index >= 15 is 0 Å². The maximum atomic E-state index is 12.4. The van der Waals surface area contributed by atoms with Crippen molar-refractivity contribution in [3.05, 3.63) is 29.3 Å². The number of sulfone groups is 1. The molecule has 0 radical (unpaired) electrons. The van der Waals surface area contributed by atoms with Gasteiger partial charge in [0.2, 0.25) is 0 Å². The zero-order valence-corrected chi connectivity index (χ0v) is 8.91. The summed E-state index contributed by atoms with van der Waals surface area (Å²) in [6, 6.07) is 3.04. The van der Waals surface area contributed by atoms with E-state index in [-0.39, 0.29) is 0 Å². The first-order valence-electron chi connectivity index (χ1n) is 4.00. The summed E-state index contributed by atoms with van der Waals surface area (Å²) in [6.07, 6.45) is -3.89. The van der Waals surface area contributed by atoms with Crippen LogP contribution in [0.15, 0.2) is 23.1 Å². The van der Waals surface area contributed by atoms with E-state index in [2.05, 4.69) is 0 Å². The van der Waals surface area contributed by atoms with Crippen LogP contribution in [0.25, 0.3) is 0 Å². The summed E-state index contributed by atoms with van der Waals surface area (Å²) in [5.41, 5.74) is -0.640. The third kappa shape index (κ3) is 2.71. The van der Waals surface area contributed by atoms with Gasteiger partial charge in [0, 0.05) is 6.26 Å². The Labute approximate surface area is 85.6 Å². The van der Waals surface area contributed by atoms with Gasteiger partial charge in [-0.1, -0.05) is 6.07 Å². The van der Waals surface area contributed by atoms with Crippen LogP contribution in [0.2, 0.25) is 0 Å². The molecule has 2 nitrogen and oxygen atoms in total. The highest BCUT2D eigenvalue weighted by Crippen LogP contribution is 2.34. The maximum Gasteiger partial charge on any atom is 0.417 e. The Morgan fingerprint density at radius 1 is 1.20 bits per heavy atom. The van der Waals surface area contributed by atoms with Crippen molar-refractivity contribution in [1.29, 1.82) is 0 Å². The first-order chi connectivity index (χ1) is 6.62. The normalized spacial score (nSPS) is 12.9. The van der Waals surface area contributed by atoms with Gasteiger partial charge < -0.3 is 0 Å². The van der Waals surface area contributed by atoms with Gasteiger partial charge in [0.1, 0.15) is 0 Å². The Kier molecular flexibility index (Phi) is 2.82. The van der Waals surface area contributed by atoms with Gasteiger partial charge in [0.25, 0.3) is 0 Å². The lowest BCUT2D eigenvalue weighted by molar-refractivity contribution is -0.139. The van der Waals surface area contributed by atoms with Gasteiger partial charge in [-0.15, -0.1) is 0 Å². The van der Waals surface area contributed by atoms with E-state index in [1.54, 1.807) is 0 Å². The van der Waals surface area contributed by atoms with Crippen LogP contribution in [0.4, 0.5) is 13.2 Å². The quantitative estimate of drug-likeness (QED) is 0.753. The largest absolute Gasteiger partial charge is 0.417 e. The summed E-state index contributed by atoms with van der Waals surface area (Å²) in [5.74, 6) is 0. The second-order valence-electron chi connectivity index (χ2n) is 3.27. The summed E-state index contributed by atoms with van der Waals surface area (Å²) in [6.45, 7) is 1.54. The Morgan fingerprint density at radius 3 is 2.13 bits per heavy atom. The summed E-state index contributed by atoms with van der Waals surface area (Å²) in [5, 5.41) is 0. The lowest BCUT2D eigenvalue weighted by Gasteiger charge is -2.11. The first-order valence-corrected chi connectivity index (χ1v) is 5.89. The van der Waals surface area contributed by atoms with Crippen LogP contribution in [0.1, 0.15) is 11.1 Å². The van der Waals surface area contributed by atoms with Crippen molar-refractivity contribution >= 4 is 9.84 Å². The molecule has 1 aromatic rings. The van der Waals surface area contributed by atoms with E-state index in [4.69, 9.17) is 0 Å². The highest BCUT2D eigenvalue weighted by Gasteiger charge is 2.35. The molecule has 0 saturated carbocycles. The summed E-state index contributed by atoms with van der Waals surface area (Å²) in [7, 11) is -3.86. The van der Waals surface area contributed by atoms with Gasteiger partial charge in [-0.3, -0.25) is 0 Å². The number of halogens is 3. The number of alkyl halides is 3. The lowest BCUT2D eigenvalue weighted by Crippen LogP contribution is -2.12. The topological polar surface area (TPSA) is 34.1 Å². The predicted molar refractivity (Wildman–Crippen MR) is 49.3 cm³/mol. The summed E-state index contributed by atoms with van der Waals surface area (Å²) in [4.78, 5) is -0.671. The molecule has 15 heavy (non-hydrogen) atoms. The molecule has 0 atom stereocenters. The number of aryl methyl sites for hydroxylation is 1. The molecule has 0 unspecified atom stereocenters. The van der Waals surface area contributed by atoms with Crippen molar-refractivity contribution in [2.24, 2.45) is 0 Å². The molecular formula is C9H9F3O2S. The Balaban J connectivity index is 3.55. The second kappa shape index (κ2) is 3.52. The highest BCUT2D eigenvalue weighted by atomic mass is 32.2. The average Bonchev–Trinajstić information content (AvgIpc) is 2.00. The molecule has 0 N–H and O–H groups in total. The van der Waals surface area contributed by atoms with Crippen LogP contribution in [0.3, 0.4) is 0 Å². The summed E-state index contributed by atoms with van der Waals surface area (Å²) >= 11 is 0. The first kappa shape index (κ1) is 12.0. The van der Waals surface area contributed by atoms with Gasteiger partial charge >= 0.3 is 6.18 Å². The Hall–Kier alpha value is -1.04. The molecule has 0 amide bonds. The van der Waals surface area contributed by atoms with Crippen molar-refractivity contribution < 1.29 is 21.6 Å². The maximum absolute atomic E-state index is 12.4. The van der Waals surface area contributed by atoms with E-state index in [9.17, 15) is 21.6 Å². The van der Waals surface area contributed by atoms with Crippen LogP contribution >= 0.6 is 0 Å². The van der Waals surface area contributed by atoms with Gasteiger partial charge in [-0.25, -0.2) is 8.42 Å². The van der Waals surface area contributed by atoms with Crippen LogP contribution in [-0.4, -0.2) is 14.7 Å². The molecule has 0 aromatic heterocycles. The number of benzene rings is 1. The van der Waals surface area contributed by atoms with Gasteiger partial charge in [-0.2, -0.15) is 13.2 Å². The molecule has 0 heterocycles. The van der Waals surface area contributed by atoms with E-state index in [0.29, 0.717) is 5.56 Å². The minimum absolute atomic E-state index is 0.475. The Bertz CT molecular complexity index is 475. The van der Waals surface area contributed by atoms with Crippen molar-refractivity contribution in [3.8, 4) is 0 Å².